The van der Waals surface area contributed by atoms with Gasteiger partial charge in [0.15, 0.2) is 5.65 Å². The van der Waals surface area contributed by atoms with Crippen LogP contribution in [-0.2, 0) is 9.53 Å². The Labute approximate surface area is 213 Å². The predicted octanol–water partition coefficient (Wildman–Crippen LogP) is 2.89. The van der Waals surface area contributed by atoms with Gasteiger partial charge in [0.25, 0.3) is 0 Å². The molecule has 0 aliphatic carbocycles. The Hall–Kier alpha value is -3.14. The summed E-state index contributed by atoms with van der Waals surface area (Å²) in [5.74, 6) is 1.25. The number of carbonyl (C=O) groups is 2. The van der Waals surface area contributed by atoms with Crippen LogP contribution in [0.4, 0.5) is 10.6 Å². The average molecular weight is 498 g/mol. The topological polar surface area (TPSA) is 95.3 Å². The first kappa shape index (κ1) is 25.9. The van der Waals surface area contributed by atoms with Gasteiger partial charge in [0, 0.05) is 62.0 Å². The van der Waals surface area contributed by atoms with E-state index in [0.29, 0.717) is 38.5 Å². The number of fused-ring (bicyclic) bond motifs is 1. The zero-order chi connectivity index (χ0) is 25.8. The van der Waals surface area contributed by atoms with E-state index in [9.17, 15) is 9.59 Å². The van der Waals surface area contributed by atoms with Crippen LogP contribution in [0.1, 0.15) is 50.3 Å². The second-order valence-electron chi connectivity index (χ2n) is 10.4. The van der Waals surface area contributed by atoms with Crippen LogP contribution in [0.25, 0.3) is 5.65 Å². The largest absolute Gasteiger partial charge is 0.444 e. The van der Waals surface area contributed by atoms with Crippen LogP contribution in [0.2, 0.25) is 0 Å². The van der Waals surface area contributed by atoms with Gasteiger partial charge in [-0.15, -0.1) is 0 Å². The van der Waals surface area contributed by atoms with E-state index in [0.717, 1.165) is 42.1 Å². The highest BCUT2D eigenvalue weighted by molar-refractivity contribution is 5.87. The van der Waals surface area contributed by atoms with E-state index in [1.807, 2.05) is 48.8 Å². The Morgan fingerprint density at radius 3 is 2.61 bits per heavy atom. The van der Waals surface area contributed by atoms with Crippen LogP contribution in [0.15, 0.2) is 24.4 Å². The fraction of sp³-hybridized carbons (Fsp3) is 0.615. The molecule has 2 fully saturated rings. The fourth-order valence-corrected chi connectivity index (χ4v) is 4.74. The van der Waals surface area contributed by atoms with Crippen LogP contribution in [0.3, 0.4) is 0 Å². The van der Waals surface area contributed by atoms with E-state index in [1.165, 1.54) is 0 Å². The summed E-state index contributed by atoms with van der Waals surface area (Å²) >= 11 is 0. The lowest BCUT2D eigenvalue weighted by molar-refractivity contribution is -0.125. The molecule has 196 valence electrons. The number of aryl methyl sites for hydroxylation is 1. The summed E-state index contributed by atoms with van der Waals surface area (Å²) in [5.41, 5.74) is 2.98. The van der Waals surface area contributed by atoms with E-state index in [1.54, 1.807) is 15.9 Å². The van der Waals surface area contributed by atoms with Gasteiger partial charge in [-0.2, -0.15) is 9.61 Å². The highest BCUT2D eigenvalue weighted by Gasteiger charge is 2.31. The number of ether oxygens (including phenoxy) is 1. The van der Waals surface area contributed by atoms with Gasteiger partial charge >= 0.3 is 6.09 Å². The van der Waals surface area contributed by atoms with Crippen molar-refractivity contribution in [3.63, 3.8) is 0 Å². The second-order valence-corrected chi connectivity index (χ2v) is 10.4. The van der Waals surface area contributed by atoms with Gasteiger partial charge < -0.3 is 24.8 Å². The molecule has 4 heterocycles. The molecule has 0 radical (unpaired) electrons. The van der Waals surface area contributed by atoms with Crippen molar-refractivity contribution in [2.24, 2.45) is 0 Å². The van der Waals surface area contributed by atoms with Gasteiger partial charge in [0.05, 0.1) is 12.7 Å². The number of hydrogen-bond acceptors (Lipinski definition) is 7. The number of aromatic nitrogens is 3. The number of amides is 2. The Bertz CT molecular complexity index is 1100. The van der Waals surface area contributed by atoms with Crippen molar-refractivity contribution in [3.8, 4) is 0 Å². The third-order valence-electron chi connectivity index (χ3n) is 6.81. The molecule has 1 N–H and O–H groups in total. The van der Waals surface area contributed by atoms with E-state index in [2.05, 4.69) is 24.3 Å². The van der Waals surface area contributed by atoms with Crippen molar-refractivity contribution in [2.75, 3.05) is 52.1 Å². The molecule has 10 nitrogen and oxygen atoms in total. The summed E-state index contributed by atoms with van der Waals surface area (Å²) in [4.78, 5) is 35.3. The number of nitrogens with one attached hydrogen (secondary N) is 1. The maximum atomic E-state index is 12.8. The number of likely N-dealkylation sites (N-methyl/N-ethyl adjacent to an activating group) is 1. The lowest BCUT2D eigenvalue weighted by Crippen LogP contribution is -2.44. The monoisotopic (exact) mass is 497 g/mol. The number of carbonyl (C=O) groups excluding carboxylic acids is 2. The lowest BCUT2D eigenvalue weighted by atomic mass is 10.1. The van der Waals surface area contributed by atoms with E-state index < -0.39 is 0 Å². The fourth-order valence-electron chi connectivity index (χ4n) is 4.74. The van der Waals surface area contributed by atoms with Gasteiger partial charge in [0.2, 0.25) is 5.91 Å². The molecule has 4 rings (SSSR count). The lowest BCUT2D eigenvalue weighted by Gasteiger charge is -2.33. The van der Waals surface area contributed by atoms with E-state index >= 15 is 0 Å². The summed E-state index contributed by atoms with van der Waals surface area (Å²) in [6.07, 6.45) is 7.14. The number of rotatable bonds is 7. The molecule has 0 spiro atoms. The quantitative estimate of drug-likeness (QED) is 0.588. The summed E-state index contributed by atoms with van der Waals surface area (Å²) < 4.78 is 7.62. The first-order valence-electron chi connectivity index (χ1n) is 12.9. The van der Waals surface area contributed by atoms with Gasteiger partial charge in [-0.05, 0) is 39.8 Å². The minimum Gasteiger partial charge on any atom is -0.444 e. The first-order chi connectivity index (χ1) is 17.2. The highest BCUT2D eigenvalue weighted by Crippen LogP contribution is 2.24. The van der Waals surface area contributed by atoms with Crippen molar-refractivity contribution < 1.29 is 14.3 Å². The van der Waals surface area contributed by atoms with Gasteiger partial charge in [-0.25, -0.2) is 9.78 Å². The summed E-state index contributed by atoms with van der Waals surface area (Å²) in [6, 6.07) is 2.26. The van der Waals surface area contributed by atoms with Crippen molar-refractivity contribution in [2.45, 2.75) is 58.1 Å². The molecule has 0 bridgehead atoms. The Balaban J connectivity index is 1.26. The molecule has 2 amide bonds. The highest BCUT2D eigenvalue weighted by atomic mass is 16.6. The molecule has 2 aromatic rings. The maximum Gasteiger partial charge on any atom is 0.410 e. The molecule has 2 aliphatic rings. The van der Waals surface area contributed by atoms with Crippen molar-refractivity contribution in [1.29, 1.82) is 0 Å². The number of hydrogen-bond donors (Lipinski definition) is 1. The molecule has 0 aromatic carbocycles. The normalized spacial score (nSPS) is 19.2. The molecule has 2 aliphatic heterocycles. The average Bonchev–Trinajstić information content (AvgIpc) is 3.46. The Morgan fingerprint density at radius 2 is 1.92 bits per heavy atom. The van der Waals surface area contributed by atoms with E-state index in [-0.39, 0.29) is 24.1 Å². The van der Waals surface area contributed by atoms with Crippen molar-refractivity contribution >= 4 is 23.5 Å². The number of likely N-dealkylation sites (tertiary alicyclic amines) is 2. The van der Waals surface area contributed by atoms with Crippen LogP contribution in [-0.4, -0.2) is 100 Å². The first-order valence-corrected chi connectivity index (χ1v) is 12.9. The molecule has 0 unspecified atom stereocenters. The van der Waals surface area contributed by atoms with Crippen LogP contribution in [0.5, 0.6) is 0 Å². The van der Waals surface area contributed by atoms with E-state index in [4.69, 9.17) is 9.72 Å². The number of nitrogens with zero attached hydrogens (tertiary/aromatic N) is 6. The molecule has 2 saturated heterocycles. The molecule has 36 heavy (non-hydrogen) atoms. The standard InChI is InChI=1S/C26H39N7O3/c1-18(2)22-16-27-33-23(15-19(3)28-25(22)33)29-20-8-12-31(13-9-20)26(35)36-21-10-14-32(17-21)24(34)7-6-11-30(4)5/h6-7,15-16,18,20-21,29H,8-14,17H2,1-5H3/b7-6+/t21-/m1/s1. The maximum absolute atomic E-state index is 12.8. The molecular weight excluding hydrogens is 458 g/mol. The van der Waals surface area contributed by atoms with Crippen molar-refractivity contribution in [1.82, 2.24) is 29.3 Å². The molecule has 10 heteroatoms. The number of piperidine rings is 1. The zero-order valence-electron chi connectivity index (χ0n) is 22.1. The van der Waals surface area contributed by atoms with Gasteiger partial charge in [-0.1, -0.05) is 19.9 Å². The van der Waals surface area contributed by atoms with Gasteiger partial charge in [0.1, 0.15) is 11.9 Å². The third kappa shape index (κ3) is 6.16. The SMILES string of the molecule is Cc1cc(NC2CCN(C(=O)O[C@@H]3CCN(C(=O)/C=C/CN(C)C)C3)CC2)n2ncc(C(C)C)c2n1. The molecule has 1 atom stereocenters. The predicted molar refractivity (Wildman–Crippen MR) is 139 cm³/mol. The molecular formula is C26H39N7O3. The summed E-state index contributed by atoms with van der Waals surface area (Å²) in [5, 5.41) is 8.18. The van der Waals surface area contributed by atoms with Crippen LogP contribution < -0.4 is 5.32 Å². The van der Waals surface area contributed by atoms with Gasteiger partial charge in [-0.3, -0.25) is 4.79 Å². The minimum atomic E-state index is -0.285. The molecule has 0 saturated carbocycles. The minimum absolute atomic E-state index is 0.0274. The smallest absolute Gasteiger partial charge is 0.410 e. The molecule has 2 aromatic heterocycles. The number of anilines is 1. The zero-order valence-corrected chi connectivity index (χ0v) is 22.1. The Kier molecular flexibility index (Phi) is 8.13. The summed E-state index contributed by atoms with van der Waals surface area (Å²) in [6.45, 7) is 9.33. The van der Waals surface area contributed by atoms with Crippen LogP contribution >= 0.6 is 0 Å². The van der Waals surface area contributed by atoms with Crippen LogP contribution in [0, 0.1) is 6.92 Å². The second kappa shape index (κ2) is 11.3. The third-order valence-corrected chi connectivity index (χ3v) is 6.81. The van der Waals surface area contributed by atoms with Crippen molar-refractivity contribution in [3.05, 3.63) is 35.7 Å². The Morgan fingerprint density at radius 1 is 1.19 bits per heavy atom. The summed E-state index contributed by atoms with van der Waals surface area (Å²) in [7, 11) is 3.92.